The molecule has 0 aliphatic carbocycles. The summed E-state index contributed by atoms with van der Waals surface area (Å²) in [6, 6.07) is 14.5. The lowest BCUT2D eigenvalue weighted by Gasteiger charge is -2.44. The summed E-state index contributed by atoms with van der Waals surface area (Å²) in [5, 5.41) is 0. The van der Waals surface area contributed by atoms with E-state index in [4.69, 9.17) is 4.74 Å². The Hall–Kier alpha value is -2.11. The van der Waals surface area contributed by atoms with E-state index in [1.807, 2.05) is 12.1 Å². The average molecular weight is 396 g/mol. The van der Waals surface area contributed by atoms with E-state index in [1.54, 1.807) is 12.1 Å². The summed E-state index contributed by atoms with van der Waals surface area (Å²) in [6.45, 7) is 8.01. The van der Waals surface area contributed by atoms with Gasteiger partial charge in [0.2, 0.25) is 0 Å². The molecule has 2 aromatic carbocycles. The average Bonchev–Trinajstić information content (AvgIpc) is 3.22. The number of anilines is 1. The van der Waals surface area contributed by atoms with Gasteiger partial charge in [0.05, 0.1) is 12.3 Å². The molecule has 0 unspecified atom stereocenters. The molecule has 2 saturated heterocycles. The van der Waals surface area contributed by atoms with Crippen LogP contribution in [0, 0.1) is 5.82 Å². The number of piperidine rings is 1. The lowest BCUT2D eigenvalue weighted by atomic mass is 10.0. The van der Waals surface area contributed by atoms with E-state index in [1.165, 1.54) is 30.5 Å². The Morgan fingerprint density at radius 1 is 1.00 bits per heavy atom. The first-order chi connectivity index (χ1) is 14.3. The van der Waals surface area contributed by atoms with Crippen LogP contribution in [-0.4, -0.2) is 61.7 Å². The molecule has 4 nitrogen and oxygen atoms in total. The van der Waals surface area contributed by atoms with Gasteiger partial charge in [0.15, 0.2) is 0 Å². The molecule has 0 amide bonds. The van der Waals surface area contributed by atoms with Crippen LogP contribution in [0.25, 0.3) is 0 Å². The predicted molar refractivity (Wildman–Crippen MR) is 114 cm³/mol. The zero-order chi connectivity index (χ0) is 19.6. The van der Waals surface area contributed by atoms with Crippen molar-refractivity contribution in [2.75, 3.05) is 50.8 Å². The van der Waals surface area contributed by atoms with Crippen LogP contribution in [0.2, 0.25) is 0 Å². The van der Waals surface area contributed by atoms with Crippen molar-refractivity contribution in [2.45, 2.75) is 31.8 Å². The van der Waals surface area contributed by atoms with E-state index in [2.05, 4.69) is 32.9 Å². The molecule has 0 N–H and O–H groups in total. The Balaban J connectivity index is 1.17. The van der Waals surface area contributed by atoms with Crippen molar-refractivity contribution in [1.82, 2.24) is 9.80 Å². The van der Waals surface area contributed by atoms with Crippen molar-refractivity contribution in [3.05, 3.63) is 59.4 Å². The Kier molecular flexibility index (Phi) is 5.42. The molecule has 3 heterocycles. The topological polar surface area (TPSA) is 19.0 Å². The minimum Gasteiger partial charge on any atom is -0.493 e. The number of piperazine rings is 1. The summed E-state index contributed by atoms with van der Waals surface area (Å²) in [5.74, 6) is 0.961. The van der Waals surface area contributed by atoms with Crippen LogP contribution >= 0.6 is 0 Å². The van der Waals surface area contributed by atoms with Crippen molar-refractivity contribution in [3.63, 3.8) is 0 Å². The van der Waals surface area contributed by atoms with Crippen molar-refractivity contribution in [2.24, 2.45) is 0 Å². The molecule has 29 heavy (non-hydrogen) atoms. The molecule has 2 fully saturated rings. The van der Waals surface area contributed by atoms with Gasteiger partial charge in [0, 0.05) is 51.7 Å². The first-order valence-corrected chi connectivity index (χ1v) is 11.0. The number of halogens is 1. The van der Waals surface area contributed by atoms with Gasteiger partial charge >= 0.3 is 0 Å². The van der Waals surface area contributed by atoms with Crippen molar-refractivity contribution in [3.8, 4) is 5.75 Å². The molecule has 0 radical (unpaired) electrons. The first-order valence-electron chi connectivity index (χ1n) is 11.0. The third-order valence-corrected chi connectivity index (χ3v) is 6.66. The smallest absolute Gasteiger partial charge is 0.146 e. The largest absolute Gasteiger partial charge is 0.493 e. The van der Waals surface area contributed by atoms with Gasteiger partial charge in [-0.1, -0.05) is 24.3 Å². The Bertz CT molecular complexity index is 850. The van der Waals surface area contributed by atoms with E-state index in [0.29, 0.717) is 6.04 Å². The zero-order valence-electron chi connectivity index (χ0n) is 17.0. The summed E-state index contributed by atoms with van der Waals surface area (Å²) in [5.41, 5.74) is 3.51. The van der Waals surface area contributed by atoms with Gasteiger partial charge in [-0.3, -0.25) is 9.80 Å². The molecule has 3 aliphatic rings. The van der Waals surface area contributed by atoms with Crippen molar-refractivity contribution in [1.29, 1.82) is 0 Å². The van der Waals surface area contributed by atoms with Gasteiger partial charge in [-0.05, 0) is 48.7 Å². The van der Waals surface area contributed by atoms with E-state index >= 15 is 0 Å². The summed E-state index contributed by atoms with van der Waals surface area (Å²) in [7, 11) is 0. The number of fused-ring (bicyclic) bond motifs is 1. The number of likely N-dealkylation sites (tertiary alicyclic amines) is 1. The van der Waals surface area contributed by atoms with Crippen LogP contribution in [0.3, 0.4) is 0 Å². The summed E-state index contributed by atoms with van der Waals surface area (Å²) < 4.78 is 19.7. The van der Waals surface area contributed by atoms with Crippen molar-refractivity contribution >= 4 is 5.69 Å². The van der Waals surface area contributed by atoms with E-state index in [9.17, 15) is 4.39 Å². The lowest BCUT2D eigenvalue weighted by Crippen LogP contribution is -2.55. The zero-order valence-corrected chi connectivity index (χ0v) is 17.0. The molecule has 0 aromatic heterocycles. The normalized spacial score (nSPS) is 23.1. The molecule has 0 bridgehead atoms. The highest BCUT2D eigenvalue weighted by Gasteiger charge is 2.29. The second-order valence-electron chi connectivity index (χ2n) is 8.55. The summed E-state index contributed by atoms with van der Waals surface area (Å²) in [6.07, 6.45) is 3.57. The quantitative estimate of drug-likeness (QED) is 0.788. The fourth-order valence-electron chi connectivity index (χ4n) is 5.11. The van der Waals surface area contributed by atoms with E-state index < -0.39 is 0 Å². The van der Waals surface area contributed by atoms with Crippen LogP contribution in [0.5, 0.6) is 5.75 Å². The Morgan fingerprint density at radius 2 is 1.86 bits per heavy atom. The maximum absolute atomic E-state index is 14.1. The van der Waals surface area contributed by atoms with Gasteiger partial charge in [0.1, 0.15) is 11.6 Å². The number of rotatable bonds is 4. The highest BCUT2D eigenvalue weighted by atomic mass is 19.1. The second kappa shape index (κ2) is 8.33. The molecule has 2 aromatic rings. The van der Waals surface area contributed by atoms with Gasteiger partial charge < -0.3 is 9.64 Å². The summed E-state index contributed by atoms with van der Waals surface area (Å²) >= 11 is 0. The lowest BCUT2D eigenvalue weighted by molar-refractivity contribution is 0.0887. The maximum Gasteiger partial charge on any atom is 0.146 e. The SMILES string of the molecule is Fc1ccccc1N1CCN([C@@H]2CCCN(Cc3ccc4c(c3)CCO4)C2)CC1. The molecule has 5 heteroatoms. The monoisotopic (exact) mass is 395 g/mol. The van der Waals surface area contributed by atoms with Crippen LogP contribution < -0.4 is 9.64 Å². The number of benzene rings is 2. The predicted octanol–water partition coefficient (Wildman–Crippen LogP) is 3.55. The first kappa shape index (κ1) is 18.9. The second-order valence-corrected chi connectivity index (χ2v) is 8.55. The molecular weight excluding hydrogens is 365 g/mol. The van der Waals surface area contributed by atoms with Gasteiger partial charge in [0.25, 0.3) is 0 Å². The van der Waals surface area contributed by atoms with E-state index in [0.717, 1.165) is 63.7 Å². The fourth-order valence-corrected chi connectivity index (χ4v) is 5.11. The van der Waals surface area contributed by atoms with Crippen molar-refractivity contribution < 1.29 is 9.13 Å². The number of hydrogen-bond acceptors (Lipinski definition) is 4. The minimum atomic E-state index is -0.107. The summed E-state index contributed by atoms with van der Waals surface area (Å²) in [4.78, 5) is 7.42. The van der Waals surface area contributed by atoms with Crippen LogP contribution in [-0.2, 0) is 13.0 Å². The van der Waals surface area contributed by atoms with Crippen LogP contribution in [0.4, 0.5) is 10.1 Å². The number of ether oxygens (including phenoxy) is 1. The Labute approximate surface area is 172 Å². The minimum absolute atomic E-state index is 0.107. The molecule has 0 spiro atoms. The van der Waals surface area contributed by atoms with Crippen LogP contribution in [0.1, 0.15) is 24.0 Å². The third kappa shape index (κ3) is 4.12. The number of para-hydroxylation sites is 1. The van der Waals surface area contributed by atoms with Gasteiger partial charge in [-0.15, -0.1) is 0 Å². The molecular formula is C24H30FN3O. The standard InChI is InChI=1S/C24H30FN3O/c25-22-5-1-2-6-23(22)28-13-11-27(12-14-28)21-4-3-10-26(18-21)17-19-7-8-24-20(16-19)9-15-29-24/h1-2,5-8,16,21H,3-4,9-15,17-18H2/t21-/m1/s1. The molecule has 3 aliphatic heterocycles. The number of nitrogens with zero attached hydrogens (tertiary/aromatic N) is 3. The third-order valence-electron chi connectivity index (χ3n) is 6.66. The fraction of sp³-hybridized carbons (Fsp3) is 0.500. The Morgan fingerprint density at radius 3 is 2.72 bits per heavy atom. The number of hydrogen-bond donors (Lipinski definition) is 0. The molecule has 5 rings (SSSR count). The highest BCUT2D eigenvalue weighted by Crippen LogP contribution is 2.27. The molecule has 154 valence electrons. The van der Waals surface area contributed by atoms with Gasteiger partial charge in [-0.2, -0.15) is 0 Å². The van der Waals surface area contributed by atoms with Gasteiger partial charge in [-0.25, -0.2) is 4.39 Å². The maximum atomic E-state index is 14.1. The molecule has 1 atom stereocenters. The van der Waals surface area contributed by atoms with E-state index in [-0.39, 0.29) is 5.82 Å². The highest BCUT2D eigenvalue weighted by molar-refractivity contribution is 5.48. The van der Waals surface area contributed by atoms with Crippen LogP contribution in [0.15, 0.2) is 42.5 Å². The molecule has 0 saturated carbocycles.